The van der Waals surface area contributed by atoms with Crippen LogP contribution in [0.1, 0.15) is 143 Å². The van der Waals surface area contributed by atoms with Gasteiger partial charge in [0.2, 0.25) is 0 Å². The SMILES string of the molecule is CC(C)CCCCCCCCCC[P+](O)(O)O[P+](O)(O)CCCCCCCCCCC(C)C. The Morgan fingerprint density at radius 2 is 0.667 bits per heavy atom. The fourth-order valence-electron chi connectivity index (χ4n) is 4.15. The zero-order valence-electron chi connectivity index (χ0n) is 22.4. The van der Waals surface area contributed by atoms with Crippen molar-refractivity contribution in [2.45, 2.75) is 143 Å². The van der Waals surface area contributed by atoms with Gasteiger partial charge in [-0.05, 0) is 37.5 Å². The summed E-state index contributed by atoms with van der Waals surface area (Å²) in [6.07, 6.45) is 20.9. The molecule has 0 aliphatic heterocycles. The van der Waals surface area contributed by atoms with Gasteiger partial charge in [0.1, 0.15) is 12.3 Å². The Bertz CT molecular complexity index is 393. The predicted molar refractivity (Wildman–Crippen MR) is 146 cm³/mol. The van der Waals surface area contributed by atoms with Crippen molar-refractivity contribution in [2.24, 2.45) is 11.8 Å². The lowest BCUT2D eigenvalue weighted by Gasteiger charge is -2.13. The third-order valence-corrected chi connectivity index (χ3v) is 10.1. The Balaban J connectivity index is 3.66. The van der Waals surface area contributed by atoms with E-state index in [1.807, 2.05) is 0 Å². The van der Waals surface area contributed by atoms with Crippen molar-refractivity contribution in [3.05, 3.63) is 0 Å². The van der Waals surface area contributed by atoms with Crippen molar-refractivity contribution in [1.82, 2.24) is 0 Å². The second kappa shape index (κ2) is 20.8. The molecule has 0 heterocycles. The minimum Gasteiger partial charge on any atom is -0.189 e. The van der Waals surface area contributed by atoms with Crippen molar-refractivity contribution in [1.29, 1.82) is 0 Å². The maximum Gasteiger partial charge on any atom is 0.461 e. The molecule has 200 valence electrons. The van der Waals surface area contributed by atoms with Crippen LogP contribution >= 0.6 is 15.9 Å². The molecule has 4 N–H and O–H groups in total. The van der Waals surface area contributed by atoms with Crippen LogP contribution in [0.2, 0.25) is 0 Å². The smallest absolute Gasteiger partial charge is 0.189 e. The van der Waals surface area contributed by atoms with Gasteiger partial charge in [-0.3, -0.25) is 0 Å². The van der Waals surface area contributed by atoms with Gasteiger partial charge in [-0.1, -0.05) is 118 Å². The monoisotopic (exact) mass is 512 g/mol. The van der Waals surface area contributed by atoms with E-state index < -0.39 is 15.9 Å². The predicted octanol–water partition coefficient (Wildman–Crippen LogP) is 8.83. The van der Waals surface area contributed by atoms with Crippen LogP contribution in [0.5, 0.6) is 0 Å². The first-order valence-electron chi connectivity index (χ1n) is 13.9. The maximum atomic E-state index is 10.1. The molecule has 0 amide bonds. The molecule has 0 rings (SSSR count). The van der Waals surface area contributed by atoms with E-state index in [2.05, 4.69) is 27.7 Å². The largest absolute Gasteiger partial charge is 0.461 e. The molecule has 0 aliphatic carbocycles. The second-order valence-electron chi connectivity index (χ2n) is 10.9. The van der Waals surface area contributed by atoms with Gasteiger partial charge >= 0.3 is 15.9 Å². The molecule has 0 saturated heterocycles. The van der Waals surface area contributed by atoms with Gasteiger partial charge in [0.05, 0.1) is 0 Å². The number of hydrogen-bond acceptors (Lipinski definition) is 5. The van der Waals surface area contributed by atoms with Crippen LogP contribution in [-0.2, 0) is 4.31 Å². The van der Waals surface area contributed by atoms with Crippen LogP contribution in [0.4, 0.5) is 0 Å². The van der Waals surface area contributed by atoms with Gasteiger partial charge in [-0.25, -0.2) is 0 Å². The zero-order valence-corrected chi connectivity index (χ0v) is 24.2. The standard InChI is InChI=1S/C26H58O5P2/c1-25(2)21-17-13-9-5-7-11-15-19-23-32(27,28)31-33(29,30)24-20-16-12-8-6-10-14-18-22-26(3)4/h25-30H,5-24H2,1-4H3/q+2. The van der Waals surface area contributed by atoms with E-state index in [1.165, 1.54) is 77.0 Å². The third kappa shape index (κ3) is 25.6. The van der Waals surface area contributed by atoms with E-state index in [0.717, 1.165) is 37.5 Å². The van der Waals surface area contributed by atoms with Gasteiger partial charge in [0, 0.05) is 4.31 Å². The average molecular weight is 513 g/mol. The molecule has 7 heteroatoms. The highest BCUT2D eigenvalue weighted by molar-refractivity contribution is 7.72. The summed E-state index contributed by atoms with van der Waals surface area (Å²) < 4.78 is 5.05. The van der Waals surface area contributed by atoms with E-state index in [1.54, 1.807) is 0 Å². The lowest BCUT2D eigenvalue weighted by atomic mass is 10.0. The van der Waals surface area contributed by atoms with E-state index in [-0.39, 0.29) is 12.3 Å². The molecule has 0 saturated carbocycles. The molecule has 0 unspecified atom stereocenters. The lowest BCUT2D eigenvalue weighted by Crippen LogP contribution is -2.07. The van der Waals surface area contributed by atoms with Crippen LogP contribution in [0, 0.1) is 11.8 Å². The summed E-state index contributed by atoms with van der Waals surface area (Å²) in [7, 11) is -7.36. The average Bonchev–Trinajstić information content (AvgIpc) is 2.69. The quantitative estimate of drug-likeness (QED) is 0.0766. The summed E-state index contributed by atoms with van der Waals surface area (Å²) in [6.45, 7) is 9.08. The van der Waals surface area contributed by atoms with Crippen molar-refractivity contribution in [2.75, 3.05) is 12.3 Å². The molecule has 0 atom stereocenters. The Hall–Kier alpha value is 0.660. The van der Waals surface area contributed by atoms with Crippen LogP contribution in [0.15, 0.2) is 0 Å². The first-order valence-corrected chi connectivity index (χ1v) is 17.5. The Morgan fingerprint density at radius 3 is 0.939 bits per heavy atom. The van der Waals surface area contributed by atoms with Crippen LogP contribution in [-0.4, -0.2) is 31.9 Å². The molecule has 0 aliphatic rings. The van der Waals surface area contributed by atoms with Gasteiger partial charge in [-0.15, -0.1) is 0 Å². The van der Waals surface area contributed by atoms with Gasteiger partial charge in [-0.2, -0.15) is 19.6 Å². The summed E-state index contributed by atoms with van der Waals surface area (Å²) in [5, 5.41) is 0. The molecule has 0 aromatic heterocycles. The Morgan fingerprint density at radius 1 is 0.424 bits per heavy atom. The normalized spacial score (nSPS) is 12.9. The molecule has 0 fully saturated rings. The Kier molecular flexibility index (Phi) is 21.2. The summed E-state index contributed by atoms with van der Waals surface area (Å²) >= 11 is 0. The Labute approximate surface area is 207 Å². The lowest BCUT2D eigenvalue weighted by molar-refractivity contribution is 0.278. The van der Waals surface area contributed by atoms with Crippen LogP contribution in [0.25, 0.3) is 0 Å². The topological polar surface area (TPSA) is 90.2 Å². The molecule has 5 nitrogen and oxygen atoms in total. The van der Waals surface area contributed by atoms with Crippen molar-refractivity contribution in [3.63, 3.8) is 0 Å². The van der Waals surface area contributed by atoms with E-state index in [4.69, 9.17) is 4.31 Å². The molecule has 0 aromatic carbocycles. The number of hydrogen-bond donors (Lipinski definition) is 4. The summed E-state index contributed by atoms with van der Waals surface area (Å²) in [4.78, 5) is 40.5. The second-order valence-corrected chi connectivity index (χ2v) is 15.1. The highest BCUT2D eigenvalue weighted by atomic mass is 31.3. The zero-order chi connectivity index (χ0) is 25.0. The van der Waals surface area contributed by atoms with Gasteiger partial charge < -0.3 is 0 Å². The van der Waals surface area contributed by atoms with Crippen LogP contribution in [0.3, 0.4) is 0 Å². The molecule has 33 heavy (non-hydrogen) atoms. The highest BCUT2D eigenvalue weighted by Crippen LogP contribution is 2.69. The molecule has 0 spiro atoms. The van der Waals surface area contributed by atoms with Crippen molar-refractivity contribution < 1.29 is 23.9 Å². The summed E-state index contributed by atoms with van der Waals surface area (Å²) in [5.74, 6) is 1.59. The van der Waals surface area contributed by atoms with Crippen molar-refractivity contribution >= 4 is 15.9 Å². The van der Waals surface area contributed by atoms with Gasteiger partial charge in [0.15, 0.2) is 0 Å². The summed E-state index contributed by atoms with van der Waals surface area (Å²) in [5.41, 5.74) is 0. The minimum absolute atomic E-state index is 0.126. The first kappa shape index (κ1) is 33.7. The molecule has 0 bridgehead atoms. The number of rotatable bonds is 24. The minimum atomic E-state index is -3.68. The maximum absolute atomic E-state index is 10.1. The van der Waals surface area contributed by atoms with Gasteiger partial charge in [0.25, 0.3) is 0 Å². The molecular formula is C26H58O5P2+2. The fraction of sp³-hybridized carbons (Fsp3) is 1.00. The molecule has 0 aromatic rings. The van der Waals surface area contributed by atoms with E-state index >= 15 is 0 Å². The number of unbranched alkanes of at least 4 members (excludes halogenated alkanes) is 14. The van der Waals surface area contributed by atoms with Crippen LogP contribution < -0.4 is 0 Å². The first-order chi connectivity index (χ1) is 15.5. The highest BCUT2D eigenvalue weighted by Gasteiger charge is 2.53. The molecular weight excluding hydrogens is 454 g/mol. The van der Waals surface area contributed by atoms with E-state index in [9.17, 15) is 19.6 Å². The summed E-state index contributed by atoms with van der Waals surface area (Å²) in [6, 6.07) is 0. The third-order valence-electron chi connectivity index (χ3n) is 6.22. The van der Waals surface area contributed by atoms with Crippen molar-refractivity contribution in [3.8, 4) is 0 Å². The van der Waals surface area contributed by atoms with E-state index in [0.29, 0.717) is 12.8 Å². The molecule has 0 radical (unpaired) electrons. The fourth-order valence-corrected chi connectivity index (χ4v) is 7.75.